The number of nitrogens with zero attached hydrogens (tertiary/aromatic N) is 1. The highest BCUT2D eigenvalue weighted by Crippen LogP contribution is 2.24. The van der Waals surface area contributed by atoms with Crippen LogP contribution in [0.2, 0.25) is 0 Å². The van der Waals surface area contributed by atoms with Gasteiger partial charge in [-0.05, 0) is 62.2 Å². The number of carbonyl (C=O) groups is 1. The van der Waals surface area contributed by atoms with Gasteiger partial charge in [0.05, 0.1) is 18.2 Å². The normalized spacial score (nSPS) is 20.9. The zero-order valence-electron chi connectivity index (χ0n) is 16.6. The summed E-state index contributed by atoms with van der Waals surface area (Å²) in [6, 6.07) is 14.2. The van der Waals surface area contributed by atoms with Crippen LogP contribution in [0, 0.1) is 5.82 Å². The average Bonchev–Trinajstić information content (AvgIpc) is 2.66. The fourth-order valence-corrected chi connectivity index (χ4v) is 3.51. The maximum Gasteiger partial charge on any atom is 0.244 e. The van der Waals surface area contributed by atoms with E-state index in [1.54, 1.807) is 18.2 Å². The van der Waals surface area contributed by atoms with Crippen LogP contribution in [-0.2, 0) is 9.53 Å². The Bertz CT molecular complexity index is 842. The molecule has 0 aliphatic carbocycles. The number of ether oxygens (including phenoxy) is 1. The number of carbonyl (C=O) groups excluding carboxylic acids is 1. The van der Waals surface area contributed by atoms with Crippen LogP contribution in [0.4, 0.5) is 10.1 Å². The monoisotopic (exact) mass is 382 g/mol. The summed E-state index contributed by atoms with van der Waals surface area (Å²) in [6.07, 6.45) is 3.42. The van der Waals surface area contributed by atoms with E-state index < -0.39 is 0 Å². The molecule has 3 unspecified atom stereocenters. The Balaban J connectivity index is 1.64. The van der Waals surface area contributed by atoms with Gasteiger partial charge in [-0.3, -0.25) is 4.79 Å². The first-order chi connectivity index (χ1) is 13.4. The van der Waals surface area contributed by atoms with Crippen molar-refractivity contribution >= 4 is 17.7 Å². The van der Waals surface area contributed by atoms with Crippen LogP contribution >= 0.6 is 0 Å². The second-order valence-electron chi connectivity index (χ2n) is 7.38. The molecule has 0 bridgehead atoms. The number of hydrogen-bond donors (Lipinski definition) is 1. The Kier molecular flexibility index (Phi) is 6.47. The molecule has 4 nitrogen and oxygen atoms in total. The van der Waals surface area contributed by atoms with E-state index in [-0.39, 0.29) is 30.0 Å². The van der Waals surface area contributed by atoms with Crippen LogP contribution in [0.1, 0.15) is 37.9 Å². The third-order valence-electron chi connectivity index (χ3n) is 4.79. The molecule has 148 valence electrons. The van der Waals surface area contributed by atoms with Crippen molar-refractivity contribution in [3.05, 3.63) is 71.6 Å². The molecule has 1 aliphatic heterocycles. The third kappa shape index (κ3) is 5.42. The lowest BCUT2D eigenvalue weighted by atomic mass is 10.1. The molecule has 1 saturated heterocycles. The lowest BCUT2D eigenvalue weighted by molar-refractivity contribution is -0.117. The van der Waals surface area contributed by atoms with Crippen molar-refractivity contribution in [2.75, 3.05) is 18.0 Å². The molecule has 1 amide bonds. The van der Waals surface area contributed by atoms with E-state index in [1.165, 1.54) is 18.2 Å². The van der Waals surface area contributed by atoms with Crippen LogP contribution in [0.25, 0.3) is 6.08 Å². The molecule has 28 heavy (non-hydrogen) atoms. The van der Waals surface area contributed by atoms with E-state index in [4.69, 9.17) is 4.74 Å². The summed E-state index contributed by atoms with van der Waals surface area (Å²) < 4.78 is 19.0. The molecule has 1 N–H and O–H groups in total. The highest BCUT2D eigenvalue weighted by Gasteiger charge is 2.22. The molecular formula is C23H27FN2O2. The highest BCUT2D eigenvalue weighted by molar-refractivity contribution is 5.92. The Hall–Kier alpha value is -2.66. The number of rotatable bonds is 5. The first-order valence-electron chi connectivity index (χ1n) is 9.65. The molecule has 0 saturated carbocycles. The molecule has 3 rings (SSSR count). The average molecular weight is 382 g/mol. The lowest BCUT2D eigenvalue weighted by Gasteiger charge is -2.37. The molecule has 0 aromatic heterocycles. The Morgan fingerprint density at radius 1 is 1.18 bits per heavy atom. The van der Waals surface area contributed by atoms with Gasteiger partial charge in [-0.2, -0.15) is 0 Å². The van der Waals surface area contributed by atoms with Crippen LogP contribution in [-0.4, -0.2) is 31.2 Å². The zero-order valence-corrected chi connectivity index (χ0v) is 16.6. The first-order valence-corrected chi connectivity index (χ1v) is 9.65. The fraction of sp³-hybridized carbons (Fsp3) is 0.348. The van der Waals surface area contributed by atoms with Crippen molar-refractivity contribution in [1.82, 2.24) is 5.32 Å². The molecule has 0 radical (unpaired) electrons. The molecule has 5 heteroatoms. The number of halogens is 1. The van der Waals surface area contributed by atoms with Crippen LogP contribution < -0.4 is 10.2 Å². The van der Waals surface area contributed by atoms with Crippen molar-refractivity contribution in [3.63, 3.8) is 0 Å². The number of hydrogen-bond acceptors (Lipinski definition) is 3. The summed E-state index contributed by atoms with van der Waals surface area (Å²) in [6.45, 7) is 7.83. The minimum Gasteiger partial charge on any atom is -0.372 e. The number of amides is 1. The van der Waals surface area contributed by atoms with Gasteiger partial charge in [0.25, 0.3) is 0 Å². The van der Waals surface area contributed by atoms with E-state index in [2.05, 4.69) is 36.2 Å². The molecule has 3 atom stereocenters. The van der Waals surface area contributed by atoms with E-state index >= 15 is 0 Å². The van der Waals surface area contributed by atoms with Crippen molar-refractivity contribution in [2.24, 2.45) is 0 Å². The Morgan fingerprint density at radius 2 is 1.89 bits per heavy atom. The predicted molar refractivity (Wildman–Crippen MR) is 111 cm³/mol. The number of benzene rings is 2. The lowest BCUT2D eigenvalue weighted by Crippen LogP contribution is -2.45. The van der Waals surface area contributed by atoms with Gasteiger partial charge in [0.15, 0.2) is 0 Å². The molecule has 2 aromatic carbocycles. The first kappa shape index (κ1) is 20.1. The second kappa shape index (κ2) is 9.02. The summed E-state index contributed by atoms with van der Waals surface area (Å²) >= 11 is 0. The van der Waals surface area contributed by atoms with Crippen LogP contribution in [0.5, 0.6) is 0 Å². The smallest absolute Gasteiger partial charge is 0.244 e. The van der Waals surface area contributed by atoms with Crippen molar-refractivity contribution in [1.29, 1.82) is 0 Å². The standard InChI is InChI=1S/C23H27FN2O2/c1-16-14-26(15-17(2)28-16)22-9-5-7-20(13-22)18(3)25-23(27)11-10-19-6-4-8-21(24)12-19/h4-13,16-18H,14-15H2,1-3H3,(H,25,27). The molecule has 1 fully saturated rings. The van der Waals surface area contributed by atoms with E-state index in [0.29, 0.717) is 5.56 Å². The summed E-state index contributed by atoms with van der Waals surface area (Å²) in [7, 11) is 0. The molecule has 1 aliphatic rings. The number of nitrogens with one attached hydrogen (secondary N) is 1. The summed E-state index contributed by atoms with van der Waals surface area (Å²) in [5.41, 5.74) is 2.83. The van der Waals surface area contributed by atoms with Crippen LogP contribution in [0.15, 0.2) is 54.6 Å². The van der Waals surface area contributed by atoms with Gasteiger partial charge in [0, 0.05) is 24.9 Å². The van der Waals surface area contributed by atoms with Gasteiger partial charge in [-0.1, -0.05) is 24.3 Å². The predicted octanol–water partition coefficient (Wildman–Crippen LogP) is 4.33. The maximum atomic E-state index is 13.2. The van der Waals surface area contributed by atoms with Crippen LogP contribution in [0.3, 0.4) is 0 Å². The van der Waals surface area contributed by atoms with Gasteiger partial charge in [0.2, 0.25) is 5.91 Å². The quantitative estimate of drug-likeness (QED) is 0.783. The summed E-state index contributed by atoms with van der Waals surface area (Å²) in [5.74, 6) is -0.532. The van der Waals surface area contributed by atoms with Crippen molar-refractivity contribution < 1.29 is 13.9 Å². The van der Waals surface area contributed by atoms with Gasteiger partial charge in [-0.25, -0.2) is 4.39 Å². The Labute approximate surface area is 166 Å². The largest absolute Gasteiger partial charge is 0.372 e. The van der Waals surface area contributed by atoms with Gasteiger partial charge in [-0.15, -0.1) is 0 Å². The van der Waals surface area contributed by atoms with Gasteiger partial charge in [0.1, 0.15) is 5.82 Å². The van der Waals surface area contributed by atoms with E-state index in [0.717, 1.165) is 24.3 Å². The summed E-state index contributed by atoms with van der Waals surface area (Å²) in [5, 5.41) is 2.97. The number of anilines is 1. The highest BCUT2D eigenvalue weighted by atomic mass is 19.1. The van der Waals surface area contributed by atoms with E-state index in [1.807, 2.05) is 19.1 Å². The molecule has 1 heterocycles. The molecular weight excluding hydrogens is 355 g/mol. The minimum atomic E-state index is -0.320. The fourth-order valence-electron chi connectivity index (χ4n) is 3.51. The SMILES string of the molecule is CC1CN(c2cccc(C(C)NC(=O)C=Cc3cccc(F)c3)c2)CC(C)O1. The number of morpholine rings is 1. The van der Waals surface area contributed by atoms with Crippen molar-refractivity contribution in [2.45, 2.75) is 39.0 Å². The topological polar surface area (TPSA) is 41.6 Å². The van der Waals surface area contributed by atoms with Gasteiger partial charge < -0.3 is 15.0 Å². The minimum absolute atomic E-state index is 0.138. The van der Waals surface area contributed by atoms with E-state index in [9.17, 15) is 9.18 Å². The summed E-state index contributed by atoms with van der Waals surface area (Å²) in [4.78, 5) is 14.6. The molecule has 0 spiro atoms. The zero-order chi connectivity index (χ0) is 20.1. The Morgan fingerprint density at radius 3 is 2.61 bits per heavy atom. The van der Waals surface area contributed by atoms with Crippen molar-refractivity contribution in [3.8, 4) is 0 Å². The molecule has 2 aromatic rings. The maximum absolute atomic E-state index is 13.2. The third-order valence-corrected chi connectivity index (χ3v) is 4.79. The second-order valence-corrected chi connectivity index (χ2v) is 7.38. The van der Waals surface area contributed by atoms with Gasteiger partial charge >= 0.3 is 0 Å².